The van der Waals surface area contributed by atoms with E-state index < -0.39 is 64.7 Å². The van der Waals surface area contributed by atoms with E-state index in [1.807, 2.05) is 0 Å². The second-order valence-corrected chi connectivity index (χ2v) is 9.47. The number of benzene rings is 1. The van der Waals surface area contributed by atoms with E-state index in [0.29, 0.717) is 18.4 Å². The molecular formula is C21H26N2O9S. The van der Waals surface area contributed by atoms with Gasteiger partial charge in [0.1, 0.15) is 18.3 Å². The summed E-state index contributed by atoms with van der Waals surface area (Å²) in [7, 11) is -4.15. The molecule has 6 N–H and O–H groups in total. The number of sulfonamides is 1. The van der Waals surface area contributed by atoms with Gasteiger partial charge in [0.2, 0.25) is 21.7 Å². The minimum Gasteiger partial charge on any atom is -0.478 e. The Morgan fingerprint density at radius 3 is 2.42 bits per heavy atom. The SMILES string of the molecule is O=C(O)C1=C[C@H](NS(=O)(=O)C=Cc2ccccc2)[C@@H](NC(=O)C2CC2)[C@H]([C@H](O)[C@H](O)CO)O1. The molecule has 0 radical (unpaired) electrons. The summed E-state index contributed by atoms with van der Waals surface area (Å²) >= 11 is 0. The van der Waals surface area contributed by atoms with Crippen LogP contribution < -0.4 is 10.0 Å². The fourth-order valence-electron chi connectivity index (χ4n) is 3.33. The van der Waals surface area contributed by atoms with Crippen molar-refractivity contribution in [3.63, 3.8) is 0 Å². The molecule has 0 unspecified atom stereocenters. The van der Waals surface area contributed by atoms with E-state index in [1.54, 1.807) is 30.3 Å². The van der Waals surface area contributed by atoms with E-state index in [-0.39, 0.29) is 5.92 Å². The minimum atomic E-state index is -4.15. The minimum absolute atomic E-state index is 0.286. The van der Waals surface area contributed by atoms with Gasteiger partial charge in [0.15, 0.2) is 0 Å². The van der Waals surface area contributed by atoms with Crippen molar-refractivity contribution >= 4 is 28.0 Å². The Hall–Kier alpha value is -2.77. The van der Waals surface area contributed by atoms with Crippen LogP contribution in [0.5, 0.6) is 0 Å². The van der Waals surface area contributed by atoms with Gasteiger partial charge in [0.05, 0.1) is 18.7 Å². The third-order valence-corrected chi connectivity index (χ3v) is 6.36. The highest BCUT2D eigenvalue weighted by molar-refractivity contribution is 7.92. The molecule has 1 aliphatic heterocycles. The number of carboxylic acids is 1. The molecule has 1 saturated carbocycles. The van der Waals surface area contributed by atoms with Gasteiger partial charge in [-0.2, -0.15) is 0 Å². The molecule has 0 saturated heterocycles. The van der Waals surface area contributed by atoms with E-state index in [9.17, 15) is 38.4 Å². The first-order valence-corrected chi connectivity index (χ1v) is 11.8. The maximum absolute atomic E-state index is 12.7. The van der Waals surface area contributed by atoms with Crippen molar-refractivity contribution in [2.45, 2.75) is 43.2 Å². The summed E-state index contributed by atoms with van der Waals surface area (Å²) in [6.45, 7) is -0.868. The Kier molecular flexibility index (Phi) is 7.87. The average molecular weight is 483 g/mol. The first-order chi connectivity index (χ1) is 15.6. The molecule has 1 aromatic carbocycles. The number of carbonyl (C=O) groups is 2. The fraction of sp³-hybridized carbons (Fsp3) is 0.429. The number of aliphatic hydroxyl groups is 3. The van der Waals surface area contributed by atoms with Gasteiger partial charge in [-0.1, -0.05) is 30.3 Å². The zero-order chi connectivity index (χ0) is 24.2. The van der Waals surface area contributed by atoms with Crippen molar-refractivity contribution in [1.82, 2.24) is 10.0 Å². The van der Waals surface area contributed by atoms with Crippen LogP contribution in [0.1, 0.15) is 18.4 Å². The number of rotatable bonds is 10. The van der Waals surface area contributed by atoms with Crippen LogP contribution in [0.25, 0.3) is 6.08 Å². The summed E-state index contributed by atoms with van der Waals surface area (Å²) in [4.78, 5) is 24.0. The second-order valence-electron chi connectivity index (χ2n) is 7.87. The van der Waals surface area contributed by atoms with Gasteiger partial charge >= 0.3 is 5.97 Å². The molecule has 180 valence electrons. The highest BCUT2D eigenvalue weighted by Gasteiger charge is 2.46. The Labute approximate surface area is 190 Å². The van der Waals surface area contributed by atoms with Crippen molar-refractivity contribution in [2.75, 3.05) is 6.61 Å². The Balaban J connectivity index is 1.92. The van der Waals surface area contributed by atoms with Crippen molar-refractivity contribution in [2.24, 2.45) is 5.92 Å². The molecule has 12 heteroatoms. The molecule has 33 heavy (non-hydrogen) atoms. The van der Waals surface area contributed by atoms with E-state index in [4.69, 9.17) is 4.74 Å². The number of nitrogens with one attached hydrogen (secondary N) is 2. The van der Waals surface area contributed by atoms with E-state index in [0.717, 1.165) is 11.5 Å². The average Bonchev–Trinajstić information content (AvgIpc) is 3.63. The molecule has 3 rings (SSSR count). The van der Waals surface area contributed by atoms with E-state index in [2.05, 4.69) is 10.0 Å². The summed E-state index contributed by atoms with van der Waals surface area (Å²) in [6.07, 6.45) is -1.52. The summed E-state index contributed by atoms with van der Waals surface area (Å²) in [5, 5.41) is 42.4. The van der Waals surface area contributed by atoms with Crippen LogP contribution in [0, 0.1) is 5.92 Å². The van der Waals surface area contributed by atoms with E-state index in [1.165, 1.54) is 6.08 Å². The van der Waals surface area contributed by atoms with E-state index >= 15 is 0 Å². The topological polar surface area (TPSA) is 182 Å². The van der Waals surface area contributed by atoms with Gasteiger partial charge in [-0.05, 0) is 30.6 Å². The van der Waals surface area contributed by atoms with Crippen LogP contribution in [0.2, 0.25) is 0 Å². The van der Waals surface area contributed by atoms with Gasteiger partial charge < -0.3 is 30.5 Å². The number of carboxylic acid groups (broad SMARTS) is 1. The fourth-order valence-corrected chi connectivity index (χ4v) is 4.34. The van der Waals surface area contributed by atoms with Gasteiger partial charge in [0, 0.05) is 11.3 Å². The molecule has 1 aromatic rings. The molecule has 1 amide bonds. The Morgan fingerprint density at radius 2 is 1.85 bits per heavy atom. The van der Waals surface area contributed by atoms with Crippen molar-refractivity contribution < 1.29 is 43.2 Å². The summed E-state index contributed by atoms with van der Waals surface area (Å²) in [5.41, 5.74) is 0.606. The zero-order valence-corrected chi connectivity index (χ0v) is 18.3. The second kappa shape index (κ2) is 10.4. The molecular weight excluding hydrogens is 456 g/mol. The van der Waals surface area contributed by atoms with Crippen LogP contribution in [0.4, 0.5) is 0 Å². The summed E-state index contributed by atoms with van der Waals surface area (Å²) < 4.78 is 33.0. The maximum atomic E-state index is 12.7. The van der Waals surface area contributed by atoms with Crippen LogP contribution in [0.3, 0.4) is 0 Å². The highest BCUT2D eigenvalue weighted by atomic mass is 32.2. The Bertz CT molecular complexity index is 1020. The summed E-state index contributed by atoms with van der Waals surface area (Å²) in [5.74, 6) is -2.93. The standard InChI is InChI=1S/C21H26N2O9S/c24-11-15(25)18(26)19-17(22-20(27)13-6-7-13)14(10-16(32-19)21(28)29)23-33(30,31)9-8-12-4-2-1-3-5-12/h1-5,8-10,13-15,17-19,23-26H,6-7,11H2,(H,22,27)(H,28,29)/t14-,15+,17+,18+,19+/m0/s1. The summed E-state index contributed by atoms with van der Waals surface area (Å²) in [6, 6.07) is 5.99. The van der Waals surface area contributed by atoms with Gasteiger partial charge in [-0.15, -0.1) is 0 Å². The predicted molar refractivity (Wildman–Crippen MR) is 116 cm³/mol. The lowest BCUT2D eigenvalue weighted by atomic mass is 9.92. The molecule has 1 heterocycles. The van der Waals surface area contributed by atoms with Crippen molar-refractivity contribution in [1.29, 1.82) is 0 Å². The molecule has 2 aliphatic rings. The third kappa shape index (κ3) is 6.62. The molecule has 0 spiro atoms. The number of carbonyl (C=O) groups excluding carboxylic acids is 1. The molecule has 0 bridgehead atoms. The zero-order valence-electron chi connectivity index (χ0n) is 17.4. The maximum Gasteiger partial charge on any atom is 0.370 e. The highest BCUT2D eigenvalue weighted by Crippen LogP contribution is 2.30. The van der Waals surface area contributed by atoms with Crippen molar-refractivity contribution in [3.05, 3.63) is 53.1 Å². The lowest BCUT2D eigenvalue weighted by molar-refractivity contribution is -0.146. The first kappa shape index (κ1) is 24.9. The molecule has 1 fully saturated rings. The predicted octanol–water partition coefficient (Wildman–Crippen LogP) is -1.08. The molecule has 11 nitrogen and oxygen atoms in total. The van der Waals surface area contributed by atoms with Crippen molar-refractivity contribution in [3.8, 4) is 0 Å². The van der Waals surface area contributed by atoms with Gasteiger partial charge in [-0.25, -0.2) is 17.9 Å². The molecule has 0 aromatic heterocycles. The van der Waals surface area contributed by atoms with Crippen LogP contribution in [-0.2, 0) is 24.3 Å². The monoisotopic (exact) mass is 482 g/mol. The number of hydrogen-bond acceptors (Lipinski definition) is 8. The number of hydrogen-bond donors (Lipinski definition) is 6. The van der Waals surface area contributed by atoms with Crippen LogP contribution >= 0.6 is 0 Å². The lowest BCUT2D eigenvalue weighted by Crippen LogP contribution is -2.63. The Morgan fingerprint density at radius 1 is 1.18 bits per heavy atom. The molecule has 1 aliphatic carbocycles. The third-order valence-electron chi connectivity index (χ3n) is 5.26. The largest absolute Gasteiger partial charge is 0.478 e. The number of aliphatic carboxylic acids is 1. The van der Waals surface area contributed by atoms with Crippen LogP contribution in [-0.4, -0.2) is 77.7 Å². The first-order valence-electron chi connectivity index (χ1n) is 10.3. The van der Waals surface area contributed by atoms with Gasteiger partial charge in [-0.3, -0.25) is 4.79 Å². The smallest absolute Gasteiger partial charge is 0.370 e. The van der Waals surface area contributed by atoms with Crippen LogP contribution in [0.15, 0.2) is 47.6 Å². The normalized spacial score (nSPS) is 25.1. The quantitative estimate of drug-likeness (QED) is 0.242. The number of aliphatic hydroxyl groups excluding tert-OH is 3. The lowest BCUT2D eigenvalue weighted by Gasteiger charge is -2.40. The van der Waals surface area contributed by atoms with Gasteiger partial charge in [0.25, 0.3) is 0 Å². The number of ether oxygens (including phenoxy) is 1. The number of amides is 1. The molecule has 5 atom stereocenters.